The second-order valence-corrected chi connectivity index (χ2v) is 8.27. The van der Waals surface area contributed by atoms with Crippen molar-refractivity contribution in [2.45, 2.75) is 29.9 Å². The van der Waals surface area contributed by atoms with Gasteiger partial charge in [0, 0.05) is 10.8 Å². The van der Waals surface area contributed by atoms with E-state index in [0.717, 1.165) is 21.9 Å². The Kier molecular flexibility index (Phi) is 5.83. The van der Waals surface area contributed by atoms with Crippen LogP contribution in [0, 0.1) is 0 Å². The van der Waals surface area contributed by atoms with Crippen molar-refractivity contribution < 1.29 is 4.79 Å². The number of aromatic nitrogens is 2. The molecular formula is C19H19N3OS2. The number of hydrogen-bond donors (Lipinski definition) is 1. The van der Waals surface area contributed by atoms with Crippen LogP contribution < -0.4 is 5.32 Å². The van der Waals surface area contributed by atoms with Gasteiger partial charge in [-0.2, -0.15) is 0 Å². The molecule has 1 aromatic heterocycles. The van der Waals surface area contributed by atoms with E-state index in [2.05, 4.69) is 29.4 Å². The lowest BCUT2D eigenvalue weighted by Crippen LogP contribution is -2.11. The summed E-state index contributed by atoms with van der Waals surface area (Å²) < 4.78 is 0.879. The zero-order valence-corrected chi connectivity index (χ0v) is 15.7. The van der Waals surface area contributed by atoms with E-state index in [1.165, 1.54) is 11.3 Å². The smallest absolute Gasteiger partial charge is 0.257 e. The molecule has 0 aliphatic carbocycles. The Hall–Kier alpha value is -2.18. The third-order valence-electron chi connectivity index (χ3n) is 3.76. The van der Waals surface area contributed by atoms with Crippen molar-refractivity contribution in [3.63, 3.8) is 0 Å². The molecule has 0 fully saturated rings. The number of hydrogen-bond acceptors (Lipinski definition) is 5. The average molecular weight is 370 g/mol. The Balaban J connectivity index is 1.65. The predicted molar refractivity (Wildman–Crippen MR) is 105 cm³/mol. The molecule has 0 bridgehead atoms. The summed E-state index contributed by atoms with van der Waals surface area (Å²) in [5, 5.41) is 12.0. The molecule has 25 heavy (non-hydrogen) atoms. The average Bonchev–Trinajstić information content (AvgIpc) is 3.09. The summed E-state index contributed by atoms with van der Waals surface area (Å²) >= 11 is 3.09. The van der Waals surface area contributed by atoms with Gasteiger partial charge in [0.25, 0.3) is 5.91 Å². The first-order chi connectivity index (χ1) is 12.2. The SMILES string of the molecule is CCC(C)Sc1nnc(NC(=O)c2ccc(-c3ccccc3)cc2)s1. The summed E-state index contributed by atoms with van der Waals surface area (Å²) in [4.78, 5) is 12.4. The fraction of sp³-hybridized carbons (Fsp3) is 0.211. The third-order valence-corrected chi connectivity index (χ3v) is 5.95. The molecule has 0 spiro atoms. The monoisotopic (exact) mass is 369 g/mol. The molecule has 6 heteroatoms. The number of amides is 1. The molecule has 3 aromatic rings. The van der Waals surface area contributed by atoms with Gasteiger partial charge < -0.3 is 0 Å². The van der Waals surface area contributed by atoms with Crippen LogP contribution in [0.1, 0.15) is 30.6 Å². The maximum atomic E-state index is 12.4. The molecule has 0 saturated carbocycles. The van der Waals surface area contributed by atoms with Crippen molar-refractivity contribution in [1.29, 1.82) is 0 Å². The number of anilines is 1. The summed E-state index contributed by atoms with van der Waals surface area (Å²) in [6, 6.07) is 17.6. The van der Waals surface area contributed by atoms with Crippen LogP contribution in [0.2, 0.25) is 0 Å². The van der Waals surface area contributed by atoms with Crippen LogP contribution in [0.25, 0.3) is 11.1 Å². The van der Waals surface area contributed by atoms with Crippen LogP contribution in [-0.4, -0.2) is 21.4 Å². The largest absolute Gasteiger partial charge is 0.296 e. The molecule has 0 aliphatic rings. The van der Waals surface area contributed by atoms with E-state index in [1.54, 1.807) is 11.8 Å². The topological polar surface area (TPSA) is 54.9 Å². The maximum Gasteiger partial charge on any atom is 0.257 e. The Morgan fingerprint density at radius 2 is 1.76 bits per heavy atom. The molecule has 0 aliphatic heterocycles. The normalized spacial score (nSPS) is 11.9. The maximum absolute atomic E-state index is 12.4. The number of nitrogens with one attached hydrogen (secondary N) is 1. The van der Waals surface area contributed by atoms with E-state index >= 15 is 0 Å². The van der Waals surface area contributed by atoms with Crippen LogP contribution in [0.4, 0.5) is 5.13 Å². The van der Waals surface area contributed by atoms with Crippen molar-refractivity contribution in [3.05, 3.63) is 60.2 Å². The first kappa shape index (κ1) is 17.6. The summed E-state index contributed by atoms with van der Waals surface area (Å²) in [5.74, 6) is -0.171. The van der Waals surface area contributed by atoms with Gasteiger partial charge in [0.05, 0.1) is 0 Å². The molecule has 1 atom stereocenters. The summed E-state index contributed by atoms with van der Waals surface area (Å²) in [6.45, 7) is 4.29. The van der Waals surface area contributed by atoms with Gasteiger partial charge in [-0.3, -0.25) is 10.1 Å². The number of nitrogens with zero attached hydrogens (tertiary/aromatic N) is 2. The van der Waals surface area contributed by atoms with Crippen LogP contribution in [0.3, 0.4) is 0 Å². The third kappa shape index (κ3) is 4.67. The van der Waals surface area contributed by atoms with Gasteiger partial charge in [0.1, 0.15) is 0 Å². The molecule has 1 heterocycles. The zero-order chi connectivity index (χ0) is 17.6. The van der Waals surface area contributed by atoms with E-state index in [0.29, 0.717) is 15.9 Å². The molecule has 1 N–H and O–H groups in total. The zero-order valence-electron chi connectivity index (χ0n) is 14.1. The molecular weight excluding hydrogens is 350 g/mol. The van der Waals surface area contributed by atoms with Gasteiger partial charge in [-0.15, -0.1) is 10.2 Å². The highest BCUT2D eigenvalue weighted by Gasteiger charge is 2.12. The van der Waals surface area contributed by atoms with E-state index in [1.807, 2.05) is 54.6 Å². The van der Waals surface area contributed by atoms with Crippen molar-refractivity contribution in [3.8, 4) is 11.1 Å². The van der Waals surface area contributed by atoms with Gasteiger partial charge in [-0.05, 0) is 29.7 Å². The number of thioether (sulfide) groups is 1. The Morgan fingerprint density at radius 1 is 1.08 bits per heavy atom. The van der Waals surface area contributed by atoms with Crippen LogP contribution >= 0.6 is 23.1 Å². The van der Waals surface area contributed by atoms with Crippen molar-refractivity contribution in [2.24, 2.45) is 0 Å². The number of benzene rings is 2. The van der Waals surface area contributed by atoms with E-state index in [9.17, 15) is 4.79 Å². The number of carbonyl (C=O) groups excluding carboxylic acids is 1. The van der Waals surface area contributed by atoms with E-state index < -0.39 is 0 Å². The van der Waals surface area contributed by atoms with Gasteiger partial charge in [0.2, 0.25) is 5.13 Å². The first-order valence-corrected chi connectivity index (χ1v) is 9.82. The summed E-state index contributed by atoms with van der Waals surface area (Å²) in [6.07, 6.45) is 1.07. The van der Waals surface area contributed by atoms with E-state index in [4.69, 9.17) is 0 Å². The summed E-state index contributed by atoms with van der Waals surface area (Å²) in [5.41, 5.74) is 2.82. The van der Waals surface area contributed by atoms with Gasteiger partial charge in [-0.25, -0.2) is 0 Å². The molecule has 1 unspecified atom stereocenters. The first-order valence-electron chi connectivity index (χ1n) is 8.12. The lowest BCUT2D eigenvalue weighted by molar-refractivity contribution is 0.102. The number of carbonyl (C=O) groups is 1. The standard InChI is InChI=1S/C19H19N3OS2/c1-3-13(2)24-19-22-21-18(25-19)20-17(23)16-11-9-15(10-12-16)14-7-5-4-6-8-14/h4-13H,3H2,1-2H3,(H,20,21,23). The Morgan fingerprint density at radius 3 is 2.44 bits per heavy atom. The minimum absolute atomic E-state index is 0.171. The predicted octanol–water partition coefficient (Wildman–Crippen LogP) is 5.35. The second-order valence-electron chi connectivity index (χ2n) is 5.61. The Labute approximate surface area is 155 Å². The fourth-order valence-corrected chi connectivity index (χ4v) is 4.17. The van der Waals surface area contributed by atoms with Gasteiger partial charge >= 0.3 is 0 Å². The lowest BCUT2D eigenvalue weighted by atomic mass is 10.0. The molecule has 3 rings (SSSR count). The molecule has 4 nitrogen and oxygen atoms in total. The Bertz CT molecular complexity index is 831. The fourth-order valence-electron chi connectivity index (χ4n) is 2.18. The minimum Gasteiger partial charge on any atom is -0.296 e. The van der Waals surface area contributed by atoms with Crippen molar-refractivity contribution in [2.75, 3.05) is 5.32 Å². The van der Waals surface area contributed by atoms with Crippen LogP contribution in [-0.2, 0) is 0 Å². The second kappa shape index (κ2) is 8.27. The summed E-state index contributed by atoms with van der Waals surface area (Å²) in [7, 11) is 0. The highest BCUT2D eigenvalue weighted by atomic mass is 32.2. The van der Waals surface area contributed by atoms with Gasteiger partial charge in [-0.1, -0.05) is 79.4 Å². The highest BCUT2D eigenvalue weighted by Crippen LogP contribution is 2.30. The molecule has 0 radical (unpaired) electrons. The van der Waals surface area contributed by atoms with Crippen molar-refractivity contribution >= 4 is 34.1 Å². The molecule has 1 amide bonds. The number of rotatable bonds is 6. The van der Waals surface area contributed by atoms with Gasteiger partial charge in [0.15, 0.2) is 4.34 Å². The van der Waals surface area contributed by atoms with Crippen molar-refractivity contribution in [1.82, 2.24) is 10.2 Å². The quantitative estimate of drug-likeness (QED) is 0.470. The van der Waals surface area contributed by atoms with Crippen LogP contribution in [0.15, 0.2) is 58.9 Å². The minimum atomic E-state index is -0.171. The lowest BCUT2D eigenvalue weighted by Gasteiger charge is -2.04. The molecule has 128 valence electrons. The highest BCUT2D eigenvalue weighted by molar-refractivity contribution is 8.01. The molecule has 2 aromatic carbocycles. The van der Waals surface area contributed by atoms with Crippen LogP contribution in [0.5, 0.6) is 0 Å². The molecule has 0 saturated heterocycles. The van der Waals surface area contributed by atoms with E-state index in [-0.39, 0.29) is 5.91 Å².